The van der Waals surface area contributed by atoms with Gasteiger partial charge in [-0.3, -0.25) is 9.48 Å². The summed E-state index contributed by atoms with van der Waals surface area (Å²) in [6, 6.07) is 1.31. The van der Waals surface area contributed by atoms with Crippen molar-refractivity contribution in [3.8, 4) is 0 Å². The molecule has 0 unspecified atom stereocenters. The highest BCUT2D eigenvalue weighted by atomic mass is 79.9. The molecule has 0 aliphatic rings. The Kier molecular flexibility index (Phi) is 5.64. The number of aromatic nitrogens is 4. The molecule has 2 aromatic heterocycles. The molecule has 0 aromatic carbocycles. The fourth-order valence-corrected chi connectivity index (χ4v) is 2.13. The van der Waals surface area contributed by atoms with Gasteiger partial charge in [-0.1, -0.05) is 0 Å². The third-order valence-electron chi connectivity index (χ3n) is 2.87. The van der Waals surface area contributed by atoms with Crippen molar-refractivity contribution in [1.82, 2.24) is 24.9 Å². The molecular weight excluding hydrogens is 356 g/mol. The van der Waals surface area contributed by atoms with Gasteiger partial charge in [0.25, 0.3) is 0 Å². The molecule has 9 nitrogen and oxygen atoms in total. The molecule has 22 heavy (non-hydrogen) atoms. The Morgan fingerprint density at radius 2 is 2.23 bits per heavy atom. The molecule has 0 bridgehead atoms. The van der Waals surface area contributed by atoms with E-state index in [1.54, 1.807) is 10.9 Å². The number of carbonyl (C=O) groups excluding carboxylic acids is 1. The molecule has 2 rings (SSSR count). The van der Waals surface area contributed by atoms with Gasteiger partial charge in [0, 0.05) is 25.7 Å². The topological polar surface area (TPSA) is 108 Å². The first-order chi connectivity index (χ1) is 10.5. The lowest BCUT2D eigenvalue weighted by molar-refractivity contribution is -0.389. The van der Waals surface area contributed by atoms with E-state index in [-0.39, 0.29) is 18.1 Å². The second-order valence-electron chi connectivity index (χ2n) is 4.57. The number of hydrogen-bond acceptors (Lipinski definition) is 5. The Morgan fingerprint density at radius 3 is 2.86 bits per heavy atom. The van der Waals surface area contributed by atoms with Crippen LogP contribution in [0.1, 0.15) is 12.8 Å². The molecular formula is C12H15BrN6O3. The molecule has 0 saturated heterocycles. The SMILES string of the molecule is O=C(CCn1ccc([N+](=O)[O-])n1)NCCCn1cc(Br)cn1. The minimum absolute atomic E-state index is 0.111. The first kappa shape index (κ1) is 16.1. The molecule has 0 radical (unpaired) electrons. The number of nitrogens with zero attached hydrogens (tertiary/aromatic N) is 5. The molecule has 0 aliphatic carbocycles. The Hall–Kier alpha value is -2.23. The second-order valence-corrected chi connectivity index (χ2v) is 5.48. The van der Waals surface area contributed by atoms with Crippen LogP contribution in [0.4, 0.5) is 5.82 Å². The zero-order chi connectivity index (χ0) is 15.9. The second kappa shape index (κ2) is 7.69. The van der Waals surface area contributed by atoms with Gasteiger partial charge in [-0.15, -0.1) is 0 Å². The summed E-state index contributed by atoms with van der Waals surface area (Å²) in [4.78, 5) is 21.6. The minimum atomic E-state index is -0.565. The fourth-order valence-electron chi connectivity index (χ4n) is 1.81. The molecule has 2 aromatic rings. The lowest BCUT2D eigenvalue weighted by atomic mass is 10.3. The maximum Gasteiger partial charge on any atom is 0.389 e. The van der Waals surface area contributed by atoms with Crippen molar-refractivity contribution >= 4 is 27.7 Å². The number of rotatable bonds is 8. The van der Waals surface area contributed by atoms with Gasteiger partial charge >= 0.3 is 5.82 Å². The Bertz CT molecular complexity index is 653. The molecule has 0 aliphatic heterocycles. The van der Waals surface area contributed by atoms with E-state index >= 15 is 0 Å². The van der Waals surface area contributed by atoms with Gasteiger partial charge in [0.05, 0.1) is 34.6 Å². The fraction of sp³-hybridized carbons (Fsp3) is 0.417. The number of halogens is 1. The van der Waals surface area contributed by atoms with Crippen LogP contribution in [0.2, 0.25) is 0 Å². The van der Waals surface area contributed by atoms with Crippen LogP contribution in [0.5, 0.6) is 0 Å². The van der Waals surface area contributed by atoms with Crippen LogP contribution in [0.25, 0.3) is 0 Å². The maximum atomic E-state index is 11.7. The summed E-state index contributed by atoms with van der Waals surface area (Å²) in [6.45, 7) is 1.58. The molecule has 1 amide bonds. The van der Waals surface area contributed by atoms with Crippen molar-refractivity contribution in [1.29, 1.82) is 0 Å². The summed E-state index contributed by atoms with van der Waals surface area (Å²) < 4.78 is 4.10. The molecule has 0 saturated carbocycles. The normalized spacial score (nSPS) is 10.6. The van der Waals surface area contributed by atoms with E-state index < -0.39 is 4.92 Å². The lowest BCUT2D eigenvalue weighted by Gasteiger charge is -2.04. The van der Waals surface area contributed by atoms with E-state index in [1.165, 1.54) is 16.9 Å². The summed E-state index contributed by atoms with van der Waals surface area (Å²) >= 11 is 3.31. The predicted molar refractivity (Wildman–Crippen MR) is 81.1 cm³/mol. The average molecular weight is 371 g/mol. The smallest absolute Gasteiger partial charge is 0.358 e. The van der Waals surface area contributed by atoms with E-state index in [1.807, 2.05) is 6.20 Å². The van der Waals surface area contributed by atoms with Crippen LogP contribution in [-0.4, -0.2) is 36.9 Å². The third-order valence-corrected chi connectivity index (χ3v) is 3.28. The first-order valence-corrected chi connectivity index (χ1v) is 7.46. The van der Waals surface area contributed by atoms with E-state index in [0.29, 0.717) is 13.1 Å². The highest BCUT2D eigenvalue weighted by Gasteiger charge is 2.11. The standard InChI is InChI=1S/C12H15BrN6O3/c13-10-8-15-18(9-10)5-1-4-14-12(20)3-7-17-6-2-11(16-17)19(21)22/h2,6,8-9H,1,3-5,7H2,(H,14,20). The summed E-state index contributed by atoms with van der Waals surface area (Å²) in [5.74, 6) is -0.328. The molecule has 118 valence electrons. The number of hydrogen-bond donors (Lipinski definition) is 1. The third kappa shape index (κ3) is 4.95. The van der Waals surface area contributed by atoms with E-state index in [9.17, 15) is 14.9 Å². The van der Waals surface area contributed by atoms with Crippen LogP contribution in [0, 0.1) is 10.1 Å². The summed E-state index contributed by atoms with van der Waals surface area (Å²) in [6.07, 6.45) is 6.06. The summed E-state index contributed by atoms with van der Waals surface area (Å²) in [7, 11) is 0. The van der Waals surface area contributed by atoms with Crippen molar-refractivity contribution < 1.29 is 9.72 Å². The molecule has 0 spiro atoms. The molecule has 1 N–H and O–H groups in total. The zero-order valence-corrected chi connectivity index (χ0v) is 13.3. The van der Waals surface area contributed by atoms with Crippen LogP contribution in [0.15, 0.2) is 29.1 Å². The number of nitrogens with one attached hydrogen (secondary N) is 1. The molecule has 10 heteroatoms. The number of aryl methyl sites for hydroxylation is 2. The van der Waals surface area contributed by atoms with Gasteiger partial charge in [-0.25, -0.2) is 0 Å². The summed E-state index contributed by atoms with van der Waals surface area (Å²) in [5, 5.41) is 21.1. The quantitative estimate of drug-likeness (QED) is 0.428. The van der Waals surface area contributed by atoms with Crippen LogP contribution >= 0.6 is 15.9 Å². The number of amides is 1. The highest BCUT2D eigenvalue weighted by molar-refractivity contribution is 9.10. The van der Waals surface area contributed by atoms with Gasteiger partial charge in [-0.05, 0) is 27.3 Å². The van der Waals surface area contributed by atoms with E-state index in [2.05, 4.69) is 31.4 Å². The predicted octanol–water partition coefficient (Wildman–Crippen LogP) is 1.35. The lowest BCUT2D eigenvalue weighted by Crippen LogP contribution is -2.26. The van der Waals surface area contributed by atoms with E-state index in [0.717, 1.165) is 17.4 Å². The van der Waals surface area contributed by atoms with Crippen molar-refractivity contribution in [2.24, 2.45) is 0 Å². The first-order valence-electron chi connectivity index (χ1n) is 6.67. The van der Waals surface area contributed by atoms with Crippen LogP contribution in [0.3, 0.4) is 0 Å². The van der Waals surface area contributed by atoms with Gasteiger partial charge < -0.3 is 15.4 Å². The van der Waals surface area contributed by atoms with Crippen molar-refractivity contribution in [3.05, 3.63) is 39.2 Å². The maximum absolute atomic E-state index is 11.7. The van der Waals surface area contributed by atoms with Crippen molar-refractivity contribution in [2.45, 2.75) is 25.9 Å². The highest BCUT2D eigenvalue weighted by Crippen LogP contribution is 2.06. The van der Waals surface area contributed by atoms with Crippen molar-refractivity contribution in [3.63, 3.8) is 0 Å². The Labute approximate surface area is 134 Å². The van der Waals surface area contributed by atoms with Crippen LogP contribution in [-0.2, 0) is 17.9 Å². The molecule has 0 fully saturated rings. The average Bonchev–Trinajstić information content (AvgIpc) is 3.10. The Morgan fingerprint density at radius 1 is 1.41 bits per heavy atom. The van der Waals surface area contributed by atoms with Gasteiger partial charge in [0.1, 0.15) is 0 Å². The van der Waals surface area contributed by atoms with Gasteiger partial charge in [-0.2, -0.15) is 9.78 Å². The Balaban J connectivity index is 1.62. The largest absolute Gasteiger partial charge is 0.389 e. The zero-order valence-electron chi connectivity index (χ0n) is 11.7. The number of carbonyl (C=O) groups is 1. The van der Waals surface area contributed by atoms with E-state index in [4.69, 9.17) is 0 Å². The van der Waals surface area contributed by atoms with Crippen molar-refractivity contribution in [2.75, 3.05) is 6.54 Å². The molecule has 2 heterocycles. The monoisotopic (exact) mass is 370 g/mol. The summed E-state index contributed by atoms with van der Waals surface area (Å²) in [5.41, 5.74) is 0. The van der Waals surface area contributed by atoms with Gasteiger partial charge in [0.15, 0.2) is 0 Å². The van der Waals surface area contributed by atoms with Gasteiger partial charge in [0.2, 0.25) is 5.91 Å². The molecule has 0 atom stereocenters. The number of nitro groups is 1. The van der Waals surface area contributed by atoms with Crippen LogP contribution < -0.4 is 5.32 Å². The minimum Gasteiger partial charge on any atom is -0.358 e.